The molecule has 0 N–H and O–H groups in total. The number of rotatable bonds is 5. The molecule has 3 nitrogen and oxygen atoms in total. The van der Waals surface area contributed by atoms with Crippen LogP contribution in [0, 0.1) is 0 Å². The second-order valence-electron chi connectivity index (χ2n) is 4.45. The minimum absolute atomic E-state index is 0.164. The summed E-state index contributed by atoms with van der Waals surface area (Å²) in [7, 11) is -3.49. The van der Waals surface area contributed by atoms with Gasteiger partial charge in [0.2, 0.25) is 0 Å². The van der Waals surface area contributed by atoms with Crippen LogP contribution in [-0.4, -0.2) is 20.0 Å². The highest BCUT2D eigenvalue weighted by Crippen LogP contribution is 2.13. The van der Waals surface area contributed by atoms with Crippen molar-refractivity contribution in [3.05, 3.63) is 70.7 Å². The van der Waals surface area contributed by atoms with Crippen molar-refractivity contribution < 1.29 is 13.2 Å². The van der Waals surface area contributed by atoms with E-state index < -0.39 is 15.6 Å². The van der Waals surface area contributed by atoms with E-state index in [1.165, 1.54) is 0 Å². The van der Waals surface area contributed by atoms with Crippen molar-refractivity contribution in [2.45, 2.75) is 5.75 Å². The number of carbonyl (C=O) groups is 1. The Morgan fingerprint density at radius 3 is 2.15 bits per heavy atom. The molecule has 104 valence electrons. The molecule has 0 aliphatic heterocycles. The van der Waals surface area contributed by atoms with E-state index in [0.717, 1.165) is 0 Å². The van der Waals surface area contributed by atoms with Crippen LogP contribution in [0.5, 0.6) is 0 Å². The first-order valence-corrected chi connectivity index (χ1v) is 8.19. The third-order valence-corrected chi connectivity index (χ3v) is 4.47. The van der Waals surface area contributed by atoms with Gasteiger partial charge < -0.3 is 0 Å². The molecule has 0 saturated carbocycles. The van der Waals surface area contributed by atoms with Gasteiger partial charge in [-0.25, -0.2) is 8.42 Å². The molecule has 0 spiro atoms. The van der Waals surface area contributed by atoms with Gasteiger partial charge in [-0.2, -0.15) is 0 Å². The van der Waals surface area contributed by atoms with Gasteiger partial charge in [0.25, 0.3) is 0 Å². The first-order valence-electron chi connectivity index (χ1n) is 5.99. The summed E-state index contributed by atoms with van der Waals surface area (Å²) in [5.74, 6) is -1.04. The van der Waals surface area contributed by atoms with Gasteiger partial charge in [-0.3, -0.25) is 4.79 Å². The van der Waals surface area contributed by atoms with Crippen molar-refractivity contribution in [3.63, 3.8) is 0 Å². The Balaban J connectivity index is 2.08. The molecule has 0 amide bonds. The fourth-order valence-corrected chi connectivity index (χ4v) is 3.29. The second kappa shape index (κ2) is 6.20. The predicted molar refractivity (Wildman–Crippen MR) is 79.7 cm³/mol. The number of sulfone groups is 1. The van der Waals surface area contributed by atoms with Crippen LogP contribution in [0.25, 0.3) is 0 Å². The van der Waals surface area contributed by atoms with Gasteiger partial charge in [0.05, 0.1) is 5.75 Å². The maximum Gasteiger partial charge on any atom is 0.177 e. The summed E-state index contributed by atoms with van der Waals surface area (Å²) in [6, 6.07) is 15.0. The first-order chi connectivity index (χ1) is 9.46. The summed E-state index contributed by atoms with van der Waals surface area (Å²) in [6.07, 6.45) is 0. The molecule has 2 rings (SSSR count). The standard InChI is InChI=1S/C15H13ClO3S/c16-14-8-6-12(7-9-14)10-20(18,19)11-15(17)13-4-2-1-3-5-13/h1-9H,10-11H2. The molecular weight excluding hydrogens is 296 g/mol. The normalized spacial score (nSPS) is 11.2. The smallest absolute Gasteiger partial charge is 0.177 e. The molecule has 2 aromatic carbocycles. The molecule has 0 saturated heterocycles. The average molecular weight is 309 g/mol. The summed E-state index contributed by atoms with van der Waals surface area (Å²) in [6.45, 7) is 0. The fourth-order valence-electron chi connectivity index (χ4n) is 1.79. The van der Waals surface area contributed by atoms with Gasteiger partial charge >= 0.3 is 0 Å². The lowest BCUT2D eigenvalue weighted by Crippen LogP contribution is -2.17. The number of halogens is 1. The van der Waals surface area contributed by atoms with E-state index >= 15 is 0 Å². The Labute approximate surface area is 123 Å². The summed E-state index contributed by atoms with van der Waals surface area (Å²) < 4.78 is 24.0. The molecule has 0 heterocycles. The Hall–Kier alpha value is -1.65. The van der Waals surface area contributed by atoms with Crippen LogP contribution < -0.4 is 0 Å². The number of carbonyl (C=O) groups excluding carboxylic acids is 1. The van der Waals surface area contributed by atoms with Gasteiger partial charge in [-0.15, -0.1) is 0 Å². The highest BCUT2D eigenvalue weighted by atomic mass is 35.5. The minimum atomic E-state index is -3.49. The second-order valence-corrected chi connectivity index (χ2v) is 6.95. The molecule has 0 aliphatic carbocycles. The van der Waals surface area contributed by atoms with E-state index in [0.29, 0.717) is 16.1 Å². The van der Waals surface area contributed by atoms with E-state index in [9.17, 15) is 13.2 Å². The lowest BCUT2D eigenvalue weighted by molar-refractivity contribution is 0.102. The molecule has 0 atom stereocenters. The molecule has 0 unspecified atom stereocenters. The van der Waals surface area contributed by atoms with Gasteiger partial charge in [0.15, 0.2) is 15.6 Å². The van der Waals surface area contributed by atoms with Crippen LogP contribution in [0.1, 0.15) is 15.9 Å². The zero-order valence-corrected chi connectivity index (χ0v) is 12.2. The first kappa shape index (κ1) is 14.8. The lowest BCUT2D eigenvalue weighted by Gasteiger charge is -2.04. The maximum atomic E-state index is 12.0. The fraction of sp³-hybridized carbons (Fsp3) is 0.133. The molecule has 0 radical (unpaired) electrons. The van der Waals surface area contributed by atoms with Crippen molar-refractivity contribution in [2.75, 3.05) is 5.75 Å². The molecule has 0 fully saturated rings. The third-order valence-electron chi connectivity index (χ3n) is 2.75. The van der Waals surface area contributed by atoms with Gasteiger partial charge in [-0.05, 0) is 17.7 Å². The van der Waals surface area contributed by atoms with Crippen LogP contribution in [0.3, 0.4) is 0 Å². The topological polar surface area (TPSA) is 51.2 Å². The van der Waals surface area contributed by atoms with E-state index in [2.05, 4.69) is 0 Å². The van der Waals surface area contributed by atoms with Crippen molar-refractivity contribution in [1.29, 1.82) is 0 Å². The molecule has 0 bridgehead atoms. The van der Waals surface area contributed by atoms with Crippen LogP contribution in [0.4, 0.5) is 0 Å². The zero-order chi connectivity index (χ0) is 14.6. The van der Waals surface area contributed by atoms with Gasteiger partial charge in [-0.1, -0.05) is 54.1 Å². The van der Waals surface area contributed by atoms with Crippen LogP contribution >= 0.6 is 11.6 Å². The summed E-state index contributed by atoms with van der Waals surface area (Å²) >= 11 is 5.74. The zero-order valence-electron chi connectivity index (χ0n) is 10.6. The number of hydrogen-bond donors (Lipinski definition) is 0. The summed E-state index contributed by atoms with van der Waals surface area (Å²) in [4.78, 5) is 11.9. The number of Topliss-reactive ketones (excluding diaryl/α,β-unsaturated/α-hetero) is 1. The van der Waals surface area contributed by atoms with E-state index in [4.69, 9.17) is 11.6 Å². The van der Waals surface area contributed by atoms with Gasteiger partial charge in [0.1, 0.15) is 5.75 Å². The molecule has 2 aromatic rings. The highest BCUT2D eigenvalue weighted by molar-refractivity contribution is 7.91. The Kier molecular flexibility index (Phi) is 4.57. The van der Waals surface area contributed by atoms with Crippen molar-refractivity contribution in [3.8, 4) is 0 Å². The molecule has 0 aromatic heterocycles. The van der Waals surface area contributed by atoms with E-state index in [1.54, 1.807) is 54.6 Å². The number of benzene rings is 2. The van der Waals surface area contributed by atoms with Crippen LogP contribution in [0.2, 0.25) is 5.02 Å². The maximum absolute atomic E-state index is 12.0. The SMILES string of the molecule is O=C(CS(=O)(=O)Cc1ccc(Cl)cc1)c1ccccc1. The quantitative estimate of drug-likeness (QED) is 0.797. The molecule has 0 aliphatic rings. The van der Waals surface area contributed by atoms with E-state index in [1.807, 2.05) is 0 Å². The van der Waals surface area contributed by atoms with Crippen molar-refractivity contribution >= 4 is 27.2 Å². The largest absolute Gasteiger partial charge is 0.293 e. The average Bonchev–Trinajstić information content (AvgIpc) is 2.41. The lowest BCUT2D eigenvalue weighted by atomic mass is 10.2. The van der Waals surface area contributed by atoms with E-state index in [-0.39, 0.29) is 11.5 Å². The third kappa shape index (κ3) is 4.18. The highest BCUT2D eigenvalue weighted by Gasteiger charge is 2.18. The summed E-state index contributed by atoms with van der Waals surface area (Å²) in [5.41, 5.74) is 1.03. The van der Waals surface area contributed by atoms with Crippen LogP contribution in [0.15, 0.2) is 54.6 Å². The Morgan fingerprint density at radius 2 is 1.55 bits per heavy atom. The minimum Gasteiger partial charge on any atom is -0.293 e. The van der Waals surface area contributed by atoms with Crippen molar-refractivity contribution in [2.24, 2.45) is 0 Å². The predicted octanol–water partition coefficient (Wildman–Crippen LogP) is 3.14. The van der Waals surface area contributed by atoms with Crippen LogP contribution in [-0.2, 0) is 15.6 Å². The molecule has 20 heavy (non-hydrogen) atoms. The Bertz CT molecular complexity index is 692. The summed E-state index contributed by atoms with van der Waals surface area (Å²) in [5, 5.41) is 0.548. The number of hydrogen-bond acceptors (Lipinski definition) is 3. The molecular formula is C15H13ClO3S. The Morgan fingerprint density at radius 1 is 0.950 bits per heavy atom. The van der Waals surface area contributed by atoms with Crippen molar-refractivity contribution in [1.82, 2.24) is 0 Å². The monoisotopic (exact) mass is 308 g/mol. The molecule has 5 heteroatoms. The van der Waals surface area contributed by atoms with Gasteiger partial charge in [0, 0.05) is 10.6 Å². The number of ketones is 1.